The van der Waals surface area contributed by atoms with Crippen LogP contribution in [0.1, 0.15) is 25.3 Å². The van der Waals surface area contributed by atoms with E-state index in [1.165, 1.54) is 16.9 Å². The fraction of sp³-hybridized carbons (Fsp3) is 0.533. The minimum absolute atomic E-state index is 0.118. The van der Waals surface area contributed by atoms with Gasteiger partial charge in [0, 0.05) is 18.0 Å². The summed E-state index contributed by atoms with van der Waals surface area (Å²) in [6.45, 7) is 4.15. The van der Waals surface area contributed by atoms with Gasteiger partial charge in [-0.25, -0.2) is 0 Å². The van der Waals surface area contributed by atoms with E-state index in [4.69, 9.17) is 0 Å². The highest BCUT2D eigenvalue weighted by molar-refractivity contribution is 8.01. The molecular weight excluding hydrogens is 242 g/mol. The molecule has 2 unspecified atom stereocenters. The fourth-order valence-electron chi connectivity index (χ4n) is 2.91. The third kappa shape index (κ3) is 2.28. The van der Waals surface area contributed by atoms with Crippen LogP contribution in [0.2, 0.25) is 0 Å². The van der Waals surface area contributed by atoms with Crippen LogP contribution in [0, 0.1) is 5.92 Å². The van der Waals surface area contributed by atoms with Crippen molar-refractivity contribution in [3.05, 3.63) is 29.8 Å². The van der Waals surface area contributed by atoms with E-state index >= 15 is 0 Å². The number of hydrogen-bond donors (Lipinski definition) is 0. The van der Waals surface area contributed by atoms with Crippen molar-refractivity contribution >= 4 is 17.7 Å². The predicted molar refractivity (Wildman–Crippen MR) is 74.8 cm³/mol. The third-order valence-corrected chi connectivity index (χ3v) is 5.20. The van der Waals surface area contributed by atoms with Gasteiger partial charge >= 0.3 is 0 Å². The molecule has 18 heavy (non-hydrogen) atoms. The Morgan fingerprint density at radius 1 is 1.39 bits per heavy atom. The second-order valence-electron chi connectivity index (χ2n) is 5.45. The highest BCUT2D eigenvalue weighted by Gasteiger charge is 2.32. The van der Waals surface area contributed by atoms with Gasteiger partial charge in [-0.3, -0.25) is 4.79 Å². The molecule has 1 aromatic carbocycles. The molecule has 0 spiro atoms. The van der Waals surface area contributed by atoms with Crippen molar-refractivity contribution in [2.45, 2.75) is 36.3 Å². The van der Waals surface area contributed by atoms with E-state index in [9.17, 15) is 4.79 Å². The molecule has 0 aromatic heterocycles. The highest BCUT2D eigenvalue weighted by Crippen LogP contribution is 2.38. The molecule has 2 heterocycles. The zero-order chi connectivity index (χ0) is 12.5. The average Bonchev–Trinajstić information content (AvgIpc) is 2.81. The molecule has 0 saturated carbocycles. The van der Waals surface area contributed by atoms with E-state index in [0.29, 0.717) is 11.8 Å². The minimum Gasteiger partial charge on any atom is -0.341 e. The van der Waals surface area contributed by atoms with Gasteiger partial charge in [-0.2, -0.15) is 0 Å². The summed E-state index contributed by atoms with van der Waals surface area (Å²) in [5.41, 5.74) is 1.34. The van der Waals surface area contributed by atoms with E-state index < -0.39 is 0 Å². The molecule has 0 N–H and O–H groups in total. The number of thioether (sulfide) groups is 1. The molecule has 96 valence electrons. The second-order valence-corrected chi connectivity index (χ2v) is 6.69. The summed E-state index contributed by atoms with van der Waals surface area (Å²) in [4.78, 5) is 15.9. The van der Waals surface area contributed by atoms with Crippen molar-refractivity contribution in [1.82, 2.24) is 4.90 Å². The van der Waals surface area contributed by atoms with Gasteiger partial charge in [0.15, 0.2) is 0 Å². The van der Waals surface area contributed by atoms with Crippen LogP contribution < -0.4 is 0 Å². The molecule has 3 heteroatoms. The van der Waals surface area contributed by atoms with Crippen LogP contribution in [-0.2, 0) is 11.2 Å². The van der Waals surface area contributed by atoms with Crippen LogP contribution >= 0.6 is 11.8 Å². The van der Waals surface area contributed by atoms with Gasteiger partial charge in [0.05, 0.1) is 5.25 Å². The maximum absolute atomic E-state index is 12.5. The van der Waals surface area contributed by atoms with Crippen molar-refractivity contribution < 1.29 is 4.79 Å². The van der Waals surface area contributed by atoms with Crippen LogP contribution in [0.3, 0.4) is 0 Å². The number of likely N-dealkylation sites (tertiary alicyclic amines) is 1. The van der Waals surface area contributed by atoms with Crippen molar-refractivity contribution in [1.29, 1.82) is 0 Å². The maximum atomic E-state index is 12.5. The Morgan fingerprint density at radius 3 is 3.00 bits per heavy atom. The molecule has 2 atom stereocenters. The second kappa shape index (κ2) is 4.96. The molecule has 0 aliphatic carbocycles. The normalized spacial score (nSPS) is 27.1. The topological polar surface area (TPSA) is 20.3 Å². The van der Waals surface area contributed by atoms with Crippen molar-refractivity contribution in [2.24, 2.45) is 5.92 Å². The first kappa shape index (κ1) is 12.1. The molecule has 1 fully saturated rings. The van der Waals surface area contributed by atoms with E-state index in [1.807, 2.05) is 0 Å². The SMILES string of the molecule is CC1CCCN(C(=O)C2Cc3ccccc3S2)C1. The average molecular weight is 261 g/mol. The van der Waals surface area contributed by atoms with Gasteiger partial charge in [0.25, 0.3) is 0 Å². The van der Waals surface area contributed by atoms with E-state index in [-0.39, 0.29) is 5.25 Å². The molecule has 2 aliphatic heterocycles. The minimum atomic E-state index is 0.118. The predicted octanol–water partition coefficient (Wildman–Crippen LogP) is 2.96. The van der Waals surface area contributed by atoms with Crippen LogP contribution in [0.25, 0.3) is 0 Å². The Kier molecular flexibility index (Phi) is 3.33. The lowest BCUT2D eigenvalue weighted by Gasteiger charge is -2.32. The number of fused-ring (bicyclic) bond motifs is 1. The van der Waals surface area contributed by atoms with Gasteiger partial charge in [0.1, 0.15) is 0 Å². The molecule has 1 amide bonds. The Bertz CT molecular complexity index is 435. The number of carbonyl (C=O) groups excluding carboxylic acids is 1. The number of piperidine rings is 1. The molecule has 0 radical (unpaired) electrons. The zero-order valence-electron chi connectivity index (χ0n) is 10.8. The largest absolute Gasteiger partial charge is 0.341 e. The lowest BCUT2D eigenvalue weighted by Crippen LogP contribution is -2.43. The van der Waals surface area contributed by atoms with Crippen LogP contribution in [0.4, 0.5) is 0 Å². The number of carbonyl (C=O) groups is 1. The number of rotatable bonds is 1. The number of benzene rings is 1. The third-order valence-electron chi connectivity index (χ3n) is 3.89. The summed E-state index contributed by atoms with van der Waals surface area (Å²) >= 11 is 1.75. The van der Waals surface area contributed by atoms with Crippen LogP contribution in [0.15, 0.2) is 29.2 Å². The Hall–Kier alpha value is -0.960. The number of amides is 1. The molecule has 0 bridgehead atoms. The van der Waals surface area contributed by atoms with E-state index in [0.717, 1.165) is 25.9 Å². The maximum Gasteiger partial charge on any atom is 0.236 e. The molecule has 2 aliphatic rings. The van der Waals surface area contributed by atoms with Crippen molar-refractivity contribution in [3.63, 3.8) is 0 Å². The summed E-state index contributed by atoms with van der Waals surface area (Å²) in [6.07, 6.45) is 3.34. The Labute approximate surface area is 113 Å². The Morgan fingerprint density at radius 2 is 2.22 bits per heavy atom. The number of hydrogen-bond acceptors (Lipinski definition) is 2. The first-order valence-corrected chi connectivity index (χ1v) is 7.65. The van der Waals surface area contributed by atoms with Gasteiger partial charge in [0.2, 0.25) is 5.91 Å². The summed E-state index contributed by atoms with van der Waals surface area (Å²) < 4.78 is 0. The molecule has 1 aromatic rings. The van der Waals surface area contributed by atoms with E-state index in [1.54, 1.807) is 11.8 Å². The lowest BCUT2D eigenvalue weighted by molar-refractivity contribution is -0.132. The van der Waals surface area contributed by atoms with Gasteiger partial charge in [-0.15, -0.1) is 11.8 Å². The summed E-state index contributed by atoms with van der Waals surface area (Å²) in [5, 5.41) is 0.118. The first-order chi connectivity index (χ1) is 8.74. The van der Waals surface area contributed by atoms with Crippen molar-refractivity contribution in [2.75, 3.05) is 13.1 Å². The molecule has 1 saturated heterocycles. The zero-order valence-corrected chi connectivity index (χ0v) is 11.6. The molecule has 2 nitrogen and oxygen atoms in total. The summed E-state index contributed by atoms with van der Waals surface area (Å²) in [5.74, 6) is 1.01. The summed E-state index contributed by atoms with van der Waals surface area (Å²) in [7, 11) is 0. The highest BCUT2D eigenvalue weighted by atomic mass is 32.2. The van der Waals surface area contributed by atoms with Crippen LogP contribution in [-0.4, -0.2) is 29.1 Å². The lowest BCUT2D eigenvalue weighted by atomic mass is 9.99. The monoisotopic (exact) mass is 261 g/mol. The van der Waals surface area contributed by atoms with E-state index in [2.05, 4.69) is 36.1 Å². The first-order valence-electron chi connectivity index (χ1n) is 6.77. The number of nitrogens with zero attached hydrogens (tertiary/aromatic N) is 1. The molecular formula is C15H19NOS. The van der Waals surface area contributed by atoms with Gasteiger partial charge in [-0.1, -0.05) is 25.1 Å². The Balaban J connectivity index is 1.68. The van der Waals surface area contributed by atoms with Gasteiger partial charge < -0.3 is 4.90 Å². The van der Waals surface area contributed by atoms with Crippen molar-refractivity contribution in [3.8, 4) is 0 Å². The molecule has 3 rings (SSSR count). The van der Waals surface area contributed by atoms with Gasteiger partial charge in [-0.05, 0) is 36.8 Å². The smallest absolute Gasteiger partial charge is 0.236 e. The summed E-state index contributed by atoms with van der Waals surface area (Å²) in [6, 6.07) is 8.40. The van der Waals surface area contributed by atoms with Crippen LogP contribution in [0.5, 0.6) is 0 Å². The standard InChI is InChI=1S/C15H19NOS/c1-11-5-4-8-16(10-11)15(17)14-9-12-6-2-3-7-13(12)18-14/h2-3,6-7,11,14H,4-5,8-10H2,1H3. The quantitative estimate of drug-likeness (QED) is 0.774. The fourth-order valence-corrected chi connectivity index (χ4v) is 4.19.